The zero-order chi connectivity index (χ0) is 53.7. The summed E-state index contributed by atoms with van der Waals surface area (Å²) in [4.78, 5) is 27.6. The fraction of sp³-hybridized carbons (Fsp3) is 0.0405. The minimum absolute atomic E-state index is 0.168. The molecule has 0 amide bonds. The number of rotatable bonds is 6. The SMILES string of the molecule is CC1(C)c2ccccc2-c2ccc(-c3nc(-n4c5ccc(-c6ccc7c(c6)c6ccccc6n7-c6ccccc6)cc5c5c6ccccc6n(-c6ccc7c(c6)c6ccccc6n7-c6ccccc6)c(=O)c54)nc4ccccc34)cc21. The topological polar surface area (TPSA) is 62.6 Å². The normalized spacial score (nSPS) is 13.0. The third kappa shape index (κ3) is 6.48. The summed E-state index contributed by atoms with van der Waals surface area (Å²) in [6.07, 6.45) is 0. The third-order valence-electron chi connectivity index (χ3n) is 17.4. The Labute approximate surface area is 465 Å². The Kier molecular flexibility index (Phi) is 9.49. The molecule has 0 unspecified atom stereocenters. The highest BCUT2D eigenvalue weighted by atomic mass is 16.1. The minimum Gasteiger partial charge on any atom is -0.309 e. The lowest BCUT2D eigenvalue weighted by Crippen LogP contribution is -2.21. The molecule has 7 heteroatoms. The predicted octanol–water partition coefficient (Wildman–Crippen LogP) is 17.9. The summed E-state index contributed by atoms with van der Waals surface area (Å²) < 4.78 is 8.60. The number of hydrogen-bond acceptors (Lipinski definition) is 3. The van der Waals surface area contributed by atoms with Crippen molar-refractivity contribution in [2.24, 2.45) is 0 Å². The van der Waals surface area contributed by atoms with Gasteiger partial charge < -0.3 is 9.13 Å². The third-order valence-corrected chi connectivity index (χ3v) is 17.4. The first-order chi connectivity index (χ1) is 39.9. The quantitative estimate of drug-likeness (QED) is 0.167. The Balaban J connectivity index is 0.944. The van der Waals surface area contributed by atoms with E-state index in [2.05, 4.69) is 260 Å². The van der Waals surface area contributed by atoms with E-state index in [0.29, 0.717) is 11.5 Å². The van der Waals surface area contributed by atoms with Crippen molar-refractivity contribution in [2.45, 2.75) is 19.3 Å². The highest BCUT2D eigenvalue weighted by Crippen LogP contribution is 2.50. The van der Waals surface area contributed by atoms with Gasteiger partial charge in [-0.2, -0.15) is 0 Å². The summed E-state index contributed by atoms with van der Waals surface area (Å²) in [5.41, 5.74) is 19.0. The lowest BCUT2D eigenvalue weighted by Gasteiger charge is -2.22. The summed E-state index contributed by atoms with van der Waals surface area (Å²) in [7, 11) is 0. The first-order valence-electron chi connectivity index (χ1n) is 27.7. The molecule has 0 radical (unpaired) electrons. The van der Waals surface area contributed by atoms with Gasteiger partial charge in [0.05, 0.1) is 50.0 Å². The molecule has 16 aromatic rings. The number of para-hydroxylation sites is 6. The van der Waals surface area contributed by atoms with Crippen LogP contribution in [0, 0.1) is 0 Å². The maximum Gasteiger partial charge on any atom is 0.280 e. The van der Waals surface area contributed by atoms with Crippen molar-refractivity contribution in [1.29, 1.82) is 0 Å². The Hall–Kier alpha value is -10.6. The molecule has 0 fully saturated rings. The van der Waals surface area contributed by atoms with E-state index in [1.54, 1.807) is 0 Å². The summed E-state index contributed by atoms with van der Waals surface area (Å²) in [5.74, 6) is 0.426. The summed E-state index contributed by atoms with van der Waals surface area (Å²) >= 11 is 0. The van der Waals surface area contributed by atoms with Crippen molar-refractivity contribution in [3.8, 4) is 56.5 Å². The van der Waals surface area contributed by atoms with E-state index < -0.39 is 0 Å². The van der Waals surface area contributed by atoms with Gasteiger partial charge in [-0.15, -0.1) is 0 Å². The maximum atomic E-state index is 16.5. The Bertz CT molecular complexity index is 5410. The fourth-order valence-corrected chi connectivity index (χ4v) is 13.7. The van der Waals surface area contributed by atoms with Gasteiger partial charge in [-0.05, 0) is 130 Å². The molecule has 0 N–H and O–H groups in total. The molecule has 0 saturated heterocycles. The molecule has 5 heterocycles. The van der Waals surface area contributed by atoms with E-state index in [9.17, 15) is 0 Å². The van der Waals surface area contributed by atoms with Crippen LogP contribution in [0.5, 0.6) is 0 Å². The van der Waals surface area contributed by atoms with Gasteiger partial charge in [0.15, 0.2) is 0 Å². The van der Waals surface area contributed by atoms with Crippen LogP contribution < -0.4 is 5.56 Å². The number of pyridine rings is 1. The van der Waals surface area contributed by atoms with Crippen LogP contribution in [0.3, 0.4) is 0 Å². The first kappa shape index (κ1) is 45.4. The molecule has 380 valence electrons. The lowest BCUT2D eigenvalue weighted by molar-refractivity contribution is 0.660. The van der Waals surface area contributed by atoms with Gasteiger partial charge in [-0.1, -0.05) is 172 Å². The Morgan fingerprint density at radius 1 is 0.333 bits per heavy atom. The first-order valence-corrected chi connectivity index (χ1v) is 27.7. The van der Waals surface area contributed by atoms with Crippen LogP contribution in [-0.2, 0) is 5.41 Å². The Morgan fingerprint density at radius 3 is 1.51 bits per heavy atom. The van der Waals surface area contributed by atoms with Crippen molar-refractivity contribution in [3.63, 3.8) is 0 Å². The van der Waals surface area contributed by atoms with Crippen LogP contribution in [0.4, 0.5) is 0 Å². The molecule has 0 atom stereocenters. The maximum absolute atomic E-state index is 16.5. The largest absolute Gasteiger partial charge is 0.309 e. The second kappa shape index (κ2) is 16.9. The van der Waals surface area contributed by atoms with Crippen LogP contribution in [0.1, 0.15) is 25.0 Å². The van der Waals surface area contributed by atoms with E-state index in [0.717, 1.165) is 110 Å². The van der Waals surface area contributed by atoms with Crippen molar-refractivity contribution >= 4 is 87.2 Å². The van der Waals surface area contributed by atoms with Crippen LogP contribution in [-0.4, -0.2) is 28.2 Å². The molecule has 0 saturated carbocycles. The average molecular weight is 1040 g/mol. The molecular formula is C74H48N6O. The van der Waals surface area contributed by atoms with Crippen molar-refractivity contribution in [1.82, 2.24) is 28.2 Å². The van der Waals surface area contributed by atoms with E-state index in [1.807, 2.05) is 27.3 Å². The smallest absolute Gasteiger partial charge is 0.280 e. The van der Waals surface area contributed by atoms with Gasteiger partial charge in [-0.25, -0.2) is 9.97 Å². The van der Waals surface area contributed by atoms with Crippen molar-refractivity contribution in [3.05, 3.63) is 276 Å². The zero-order valence-corrected chi connectivity index (χ0v) is 44.3. The van der Waals surface area contributed by atoms with Crippen LogP contribution in [0.2, 0.25) is 0 Å². The number of benzene rings is 11. The molecule has 11 aromatic carbocycles. The van der Waals surface area contributed by atoms with Gasteiger partial charge in [0, 0.05) is 65.4 Å². The van der Waals surface area contributed by atoms with Gasteiger partial charge in [0.2, 0.25) is 5.95 Å². The van der Waals surface area contributed by atoms with Crippen LogP contribution in [0.25, 0.3) is 144 Å². The molecule has 0 spiro atoms. The molecule has 0 aliphatic heterocycles. The number of nitrogens with zero attached hydrogens (tertiary/aromatic N) is 6. The standard InChI is InChI=1S/C74H48N6O/c1-74(2)60-28-14-9-23-51(60)52-37-33-47(43-61(52)74)70-55-26-10-15-29-62(55)75-73(76-70)80-68-39-35-46(45-34-38-66-57(41-45)53-24-11-16-30-63(53)77(66)48-19-5-3-6-20-48)42-59(68)69-56-27-13-18-32-65(56)79(72(81)71(69)80)50-36-40-67-58(44-50)54-25-12-17-31-64(54)78(67)49-21-7-4-8-22-49/h3-44H,1-2H3. The second-order valence-corrected chi connectivity index (χ2v) is 22.1. The number of hydrogen-bond donors (Lipinski definition) is 0. The van der Waals surface area contributed by atoms with Gasteiger partial charge >= 0.3 is 0 Å². The molecule has 1 aliphatic rings. The average Bonchev–Trinajstić information content (AvgIpc) is 4.11. The van der Waals surface area contributed by atoms with Crippen LogP contribution in [0.15, 0.2) is 260 Å². The summed E-state index contributed by atoms with van der Waals surface area (Å²) in [5, 5.41) is 8.19. The van der Waals surface area contributed by atoms with Gasteiger partial charge in [0.25, 0.3) is 5.56 Å². The molecule has 7 nitrogen and oxygen atoms in total. The molecule has 0 bridgehead atoms. The monoisotopic (exact) mass is 1040 g/mol. The van der Waals surface area contributed by atoms with E-state index in [1.165, 1.54) is 33.0 Å². The minimum atomic E-state index is -0.215. The Morgan fingerprint density at radius 2 is 0.827 bits per heavy atom. The lowest BCUT2D eigenvalue weighted by atomic mass is 9.82. The molecule has 5 aromatic heterocycles. The molecule has 17 rings (SSSR count). The van der Waals surface area contributed by atoms with E-state index >= 15 is 4.79 Å². The van der Waals surface area contributed by atoms with Gasteiger partial charge in [0.1, 0.15) is 5.52 Å². The molecule has 81 heavy (non-hydrogen) atoms. The van der Waals surface area contributed by atoms with E-state index in [-0.39, 0.29) is 11.0 Å². The van der Waals surface area contributed by atoms with Crippen molar-refractivity contribution in [2.75, 3.05) is 0 Å². The molecule has 1 aliphatic carbocycles. The number of aromatic nitrogens is 6. The highest BCUT2D eigenvalue weighted by molar-refractivity contribution is 6.22. The van der Waals surface area contributed by atoms with Gasteiger partial charge in [-0.3, -0.25) is 13.9 Å². The van der Waals surface area contributed by atoms with Crippen LogP contribution >= 0.6 is 0 Å². The van der Waals surface area contributed by atoms with E-state index in [4.69, 9.17) is 9.97 Å². The van der Waals surface area contributed by atoms with Crippen molar-refractivity contribution < 1.29 is 0 Å². The predicted molar refractivity (Wildman–Crippen MR) is 334 cm³/mol. The summed E-state index contributed by atoms with van der Waals surface area (Å²) in [6.45, 7) is 4.62. The number of fused-ring (bicyclic) bond motifs is 15. The highest BCUT2D eigenvalue weighted by Gasteiger charge is 2.36. The zero-order valence-electron chi connectivity index (χ0n) is 44.3. The summed E-state index contributed by atoms with van der Waals surface area (Å²) in [6, 6.07) is 90.2. The fourth-order valence-electron chi connectivity index (χ4n) is 13.7. The molecular weight excluding hydrogens is 989 g/mol. The second-order valence-electron chi connectivity index (χ2n) is 22.1.